The van der Waals surface area contributed by atoms with Crippen LogP contribution in [0.4, 0.5) is 0 Å². The van der Waals surface area contributed by atoms with E-state index in [1.165, 1.54) is 0 Å². The number of para-hydroxylation sites is 1. The van der Waals surface area contributed by atoms with Gasteiger partial charge in [-0.1, -0.05) is 37.3 Å². The van der Waals surface area contributed by atoms with Gasteiger partial charge in [-0.3, -0.25) is 4.79 Å². The second-order valence-electron chi connectivity index (χ2n) is 4.87. The molecule has 4 N–H and O–H groups in total. The highest BCUT2D eigenvalue weighted by atomic mass is 35.5. The van der Waals surface area contributed by atoms with Gasteiger partial charge in [-0.25, -0.2) is 0 Å². The molecule has 0 saturated heterocycles. The van der Waals surface area contributed by atoms with Crippen molar-refractivity contribution in [1.29, 1.82) is 0 Å². The van der Waals surface area contributed by atoms with Gasteiger partial charge in [0.05, 0.1) is 0 Å². The van der Waals surface area contributed by atoms with Gasteiger partial charge in [0.1, 0.15) is 6.04 Å². The Labute approximate surface area is 136 Å². The molecule has 0 aliphatic carbocycles. The van der Waals surface area contributed by atoms with Gasteiger partial charge in [-0.15, -0.1) is 11.6 Å². The van der Waals surface area contributed by atoms with E-state index in [4.69, 9.17) is 22.4 Å². The lowest BCUT2D eigenvalue weighted by atomic mass is 10.1. The van der Waals surface area contributed by atoms with Gasteiger partial charge in [-0.2, -0.15) is 0 Å². The van der Waals surface area contributed by atoms with Gasteiger partial charge < -0.3 is 15.8 Å². The minimum absolute atomic E-state index is 0.347. The second-order valence-corrected chi connectivity index (χ2v) is 5.24. The summed E-state index contributed by atoms with van der Waals surface area (Å²) < 4.78 is 0. The van der Waals surface area contributed by atoms with Crippen molar-refractivity contribution < 1.29 is 9.90 Å². The number of H-pyrrole nitrogens is 1. The van der Waals surface area contributed by atoms with Crippen LogP contribution in [0.15, 0.2) is 42.6 Å². The van der Waals surface area contributed by atoms with E-state index in [9.17, 15) is 4.79 Å². The van der Waals surface area contributed by atoms with Crippen molar-refractivity contribution in [2.45, 2.75) is 32.2 Å². The Balaban J connectivity index is 0.000000295. The van der Waals surface area contributed by atoms with Crippen LogP contribution in [0.3, 0.4) is 0 Å². The van der Waals surface area contributed by atoms with Gasteiger partial charge in [0.2, 0.25) is 0 Å². The Kier molecular flexibility index (Phi) is 8.33. The van der Waals surface area contributed by atoms with E-state index in [2.05, 4.69) is 24.1 Å². The molecule has 0 spiro atoms. The SMILES string of the molecule is CCC=CCCCl.N[C@@H](Cc1c[nH]c2ccccc12)C(=O)O. The Morgan fingerprint density at radius 2 is 2.14 bits per heavy atom. The van der Waals surface area contributed by atoms with Gasteiger partial charge >= 0.3 is 5.97 Å². The van der Waals surface area contributed by atoms with Gasteiger partial charge in [0.25, 0.3) is 0 Å². The van der Waals surface area contributed by atoms with Crippen LogP contribution < -0.4 is 5.73 Å². The molecular formula is C17H23ClN2O2. The number of fused-ring (bicyclic) bond motifs is 1. The molecule has 1 aromatic carbocycles. The molecule has 1 aromatic heterocycles. The van der Waals surface area contributed by atoms with E-state index >= 15 is 0 Å². The summed E-state index contributed by atoms with van der Waals surface area (Å²) in [7, 11) is 0. The zero-order chi connectivity index (χ0) is 16.4. The molecule has 2 aromatic rings. The maximum absolute atomic E-state index is 10.6. The third-order valence-electron chi connectivity index (χ3n) is 3.11. The smallest absolute Gasteiger partial charge is 0.320 e. The summed E-state index contributed by atoms with van der Waals surface area (Å²) in [6.07, 6.45) is 8.52. The standard InChI is InChI=1S/C11H12N2O2.C6H11Cl/c12-9(11(14)15)5-7-6-13-10-4-2-1-3-8(7)10;1-2-3-4-5-6-7/h1-4,6,9,13H,5,12H2,(H,14,15);3-4H,2,5-6H2,1H3/t9-;/m0./s1. The second kappa shape index (κ2) is 10.0. The molecule has 0 fully saturated rings. The Morgan fingerprint density at radius 1 is 1.41 bits per heavy atom. The van der Waals surface area contributed by atoms with Crippen molar-refractivity contribution in [2.75, 3.05) is 5.88 Å². The molecule has 0 bridgehead atoms. The highest BCUT2D eigenvalue weighted by Gasteiger charge is 2.14. The number of alkyl halides is 1. The number of aliphatic carboxylic acids is 1. The molecule has 0 radical (unpaired) electrons. The Morgan fingerprint density at radius 3 is 2.77 bits per heavy atom. The fraction of sp³-hybridized carbons (Fsp3) is 0.353. The number of hydrogen-bond donors (Lipinski definition) is 3. The summed E-state index contributed by atoms with van der Waals surface area (Å²) >= 11 is 5.39. The minimum Gasteiger partial charge on any atom is -0.480 e. The lowest BCUT2D eigenvalue weighted by Crippen LogP contribution is -2.32. The van der Waals surface area contributed by atoms with Crippen LogP contribution >= 0.6 is 11.6 Å². The third kappa shape index (κ3) is 5.92. The number of hydrogen-bond acceptors (Lipinski definition) is 2. The van der Waals surface area contributed by atoms with E-state index in [1.807, 2.05) is 30.5 Å². The van der Waals surface area contributed by atoms with Crippen molar-refractivity contribution in [3.63, 3.8) is 0 Å². The van der Waals surface area contributed by atoms with Crippen LogP contribution in [-0.2, 0) is 11.2 Å². The number of allylic oxidation sites excluding steroid dienone is 2. The van der Waals surface area contributed by atoms with Crippen molar-refractivity contribution in [3.05, 3.63) is 48.2 Å². The van der Waals surface area contributed by atoms with E-state index in [0.717, 1.165) is 35.2 Å². The lowest BCUT2D eigenvalue weighted by Gasteiger charge is -2.04. The largest absolute Gasteiger partial charge is 0.480 e. The molecule has 0 saturated carbocycles. The first kappa shape index (κ1) is 18.3. The van der Waals surface area contributed by atoms with Crippen LogP contribution in [0.5, 0.6) is 0 Å². The number of aromatic nitrogens is 1. The van der Waals surface area contributed by atoms with Gasteiger partial charge in [0.15, 0.2) is 0 Å². The topological polar surface area (TPSA) is 79.1 Å². The van der Waals surface area contributed by atoms with Gasteiger partial charge in [0, 0.05) is 29.4 Å². The Hall–Kier alpha value is -1.78. The number of aromatic amines is 1. The van der Waals surface area contributed by atoms with Crippen LogP contribution in [0.1, 0.15) is 25.3 Å². The molecule has 22 heavy (non-hydrogen) atoms. The Bertz CT molecular complexity index is 607. The predicted molar refractivity (Wildman–Crippen MR) is 92.4 cm³/mol. The van der Waals surface area contributed by atoms with Crippen LogP contribution in [0, 0.1) is 0 Å². The molecular weight excluding hydrogens is 300 g/mol. The van der Waals surface area contributed by atoms with Crippen molar-refractivity contribution >= 4 is 28.5 Å². The normalized spacial score (nSPS) is 12.1. The fourth-order valence-electron chi connectivity index (χ4n) is 1.97. The van der Waals surface area contributed by atoms with E-state index < -0.39 is 12.0 Å². The highest BCUT2D eigenvalue weighted by molar-refractivity contribution is 6.17. The zero-order valence-electron chi connectivity index (χ0n) is 12.8. The lowest BCUT2D eigenvalue weighted by molar-refractivity contribution is -0.138. The minimum atomic E-state index is -0.972. The van der Waals surface area contributed by atoms with Crippen LogP contribution in [0.2, 0.25) is 0 Å². The first-order chi connectivity index (χ1) is 10.6. The van der Waals surface area contributed by atoms with Crippen molar-refractivity contribution in [3.8, 4) is 0 Å². The first-order valence-corrected chi connectivity index (χ1v) is 7.87. The van der Waals surface area contributed by atoms with E-state index in [-0.39, 0.29) is 0 Å². The maximum Gasteiger partial charge on any atom is 0.320 e. The van der Waals surface area contributed by atoms with Crippen molar-refractivity contribution in [1.82, 2.24) is 4.98 Å². The number of halogens is 1. The summed E-state index contributed by atoms with van der Waals surface area (Å²) in [6.45, 7) is 2.12. The molecule has 0 amide bonds. The van der Waals surface area contributed by atoms with E-state index in [1.54, 1.807) is 0 Å². The first-order valence-electron chi connectivity index (χ1n) is 7.34. The summed E-state index contributed by atoms with van der Waals surface area (Å²) in [4.78, 5) is 13.7. The average Bonchev–Trinajstić information content (AvgIpc) is 2.92. The molecule has 0 aliphatic rings. The number of benzene rings is 1. The average molecular weight is 323 g/mol. The third-order valence-corrected chi connectivity index (χ3v) is 3.33. The monoisotopic (exact) mass is 322 g/mol. The molecule has 1 heterocycles. The predicted octanol–water partition coefficient (Wildman–Crippen LogP) is 3.70. The molecule has 120 valence electrons. The number of nitrogens with two attached hydrogens (primary N) is 1. The summed E-state index contributed by atoms with van der Waals surface area (Å²) in [5, 5.41) is 9.75. The van der Waals surface area contributed by atoms with Crippen LogP contribution in [-0.4, -0.2) is 28.0 Å². The van der Waals surface area contributed by atoms with Gasteiger partial charge in [-0.05, 0) is 24.5 Å². The van der Waals surface area contributed by atoms with Crippen molar-refractivity contribution in [2.24, 2.45) is 5.73 Å². The molecule has 2 rings (SSSR count). The molecule has 5 heteroatoms. The number of carboxylic acid groups (broad SMARTS) is 1. The van der Waals surface area contributed by atoms with Crippen LogP contribution in [0.25, 0.3) is 10.9 Å². The fourth-order valence-corrected chi connectivity index (χ4v) is 2.10. The number of carboxylic acids is 1. The zero-order valence-corrected chi connectivity index (χ0v) is 13.5. The number of rotatable bonds is 6. The quantitative estimate of drug-likeness (QED) is 0.560. The summed E-state index contributed by atoms with van der Waals surface area (Å²) in [6, 6.07) is 6.91. The molecule has 1 atom stereocenters. The summed E-state index contributed by atoms with van der Waals surface area (Å²) in [5.74, 6) is -0.225. The molecule has 0 unspecified atom stereocenters. The highest BCUT2D eigenvalue weighted by Crippen LogP contribution is 2.18. The maximum atomic E-state index is 10.6. The molecule has 0 aliphatic heterocycles. The number of carbonyl (C=O) groups is 1. The molecule has 4 nitrogen and oxygen atoms in total. The van der Waals surface area contributed by atoms with E-state index in [0.29, 0.717) is 6.42 Å². The summed E-state index contributed by atoms with van der Waals surface area (Å²) in [5.41, 5.74) is 7.43. The number of nitrogens with one attached hydrogen (secondary N) is 1.